The van der Waals surface area contributed by atoms with Crippen LogP contribution in [0.4, 0.5) is 0 Å². The number of aliphatic hydroxyl groups is 1. The second kappa shape index (κ2) is 3.64. The predicted octanol–water partition coefficient (Wildman–Crippen LogP) is 0.0761. The average molecular weight is 149 g/mol. The number of rotatable bonds is 2. The summed E-state index contributed by atoms with van der Waals surface area (Å²) in [6, 6.07) is 5.26. The lowest BCUT2D eigenvalue weighted by Crippen LogP contribution is -2.03. The summed E-state index contributed by atoms with van der Waals surface area (Å²) in [5, 5.41) is 24.5. The normalized spacial score (nSPS) is 12.0. The minimum Gasteiger partial charge on any atom is -0.395 e. The smallest absolute Gasteiger partial charge is 0.113 e. The molecule has 0 bridgehead atoms. The first-order chi connectivity index (χ1) is 5.38. The highest BCUT2D eigenvalue weighted by Gasteiger charge is 2.09. The topological polar surface area (TPSA) is 69.8 Å². The van der Waals surface area contributed by atoms with Crippen molar-refractivity contribution in [2.24, 2.45) is 0 Å². The van der Waals surface area contributed by atoms with Gasteiger partial charge in [-0.2, -0.15) is 15.5 Å². The van der Waals surface area contributed by atoms with Crippen LogP contribution < -0.4 is 0 Å². The van der Waals surface area contributed by atoms with Gasteiger partial charge in [0.2, 0.25) is 0 Å². The molecule has 0 fully saturated rings. The molecule has 0 aliphatic carbocycles. The Morgan fingerprint density at radius 2 is 2.55 bits per heavy atom. The van der Waals surface area contributed by atoms with Gasteiger partial charge in [0.05, 0.1) is 18.4 Å². The summed E-state index contributed by atoms with van der Waals surface area (Å²) in [7, 11) is 0. The van der Waals surface area contributed by atoms with E-state index < -0.39 is 5.92 Å². The Balaban J connectivity index is 2.85. The first-order valence-electron chi connectivity index (χ1n) is 3.16. The number of hydrogen-bond acceptors (Lipinski definition) is 4. The van der Waals surface area contributed by atoms with E-state index in [0.29, 0.717) is 5.69 Å². The fourth-order valence-corrected chi connectivity index (χ4v) is 0.700. The van der Waals surface area contributed by atoms with Crippen molar-refractivity contribution in [3.63, 3.8) is 0 Å². The van der Waals surface area contributed by atoms with E-state index in [1.807, 2.05) is 6.07 Å². The highest BCUT2D eigenvalue weighted by Crippen LogP contribution is 2.08. The number of aromatic nitrogens is 2. The fourth-order valence-electron chi connectivity index (χ4n) is 0.700. The quantitative estimate of drug-likeness (QED) is 0.646. The maximum absolute atomic E-state index is 8.69. The van der Waals surface area contributed by atoms with Gasteiger partial charge in [-0.3, -0.25) is 0 Å². The van der Waals surface area contributed by atoms with E-state index in [1.165, 1.54) is 6.20 Å². The predicted molar refractivity (Wildman–Crippen MR) is 37.5 cm³/mol. The fraction of sp³-hybridized carbons (Fsp3) is 0.286. The van der Waals surface area contributed by atoms with Crippen LogP contribution in [0.1, 0.15) is 11.6 Å². The molecule has 0 amide bonds. The van der Waals surface area contributed by atoms with Crippen molar-refractivity contribution in [3.05, 3.63) is 24.0 Å². The molecule has 1 heterocycles. The van der Waals surface area contributed by atoms with Gasteiger partial charge in [-0.25, -0.2) is 0 Å². The van der Waals surface area contributed by atoms with Gasteiger partial charge in [-0.15, -0.1) is 0 Å². The van der Waals surface area contributed by atoms with Crippen LogP contribution >= 0.6 is 0 Å². The van der Waals surface area contributed by atoms with Crippen molar-refractivity contribution in [2.45, 2.75) is 5.92 Å². The molecule has 56 valence electrons. The zero-order valence-electron chi connectivity index (χ0n) is 5.81. The van der Waals surface area contributed by atoms with E-state index in [4.69, 9.17) is 10.4 Å². The second-order valence-corrected chi connectivity index (χ2v) is 2.01. The summed E-state index contributed by atoms with van der Waals surface area (Å²) in [6.45, 7) is -0.213. The number of aliphatic hydroxyl groups excluding tert-OH is 1. The van der Waals surface area contributed by atoms with Gasteiger partial charge in [0, 0.05) is 6.20 Å². The second-order valence-electron chi connectivity index (χ2n) is 2.01. The van der Waals surface area contributed by atoms with Crippen molar-refractivity contribution >= 4 is 0 Å². The van der Waals surface area contributed by atoms with Crippen LogP contribution in [0.5, 0.6) is 0 Å². The SMILES string of the molecule is N#CC(CO)c1cccnn1. The van der Waals surface area contributed by atoms with Gasteiger partial charge in [0.15, 0.2) is 0 Å². The molecule has 1 atom stereocenters. The van der Waals surface area contributed by atoms with Crippen LogP contribution in [0.2, 0.25) is 0 Å². The van der Waals surface area contributed by atoms with Crippen molar-refractivity contribution in [1.82, 2.24) is 10.2 Å². The first-order valence-corrected chi connectivity index (χ1v) is 3.16. The molecule has 0 saturated carbocycles. The summed E-state index contributed by atoms with van der Waals surface area (Å²) in [6.07, 6.45) is 1.52. The van der Waals surface area contributed by atoms with Crippen molar-refractivity contribution in [2.75, 3.05) is 6.61 Å². The summed E-state index contributed by atoms with van der Waals surface area (Å²) in [4.78, 5) is 0. The molecule has 4 heteroatoms. The Morgan fingerprint density at radius 3 is 3.00 bits per heavy atom. The van der Waals surface area contributed by atoms with E-state index in [9.17, 15) is 0 Å². The van der Waals surface area contributed by atoms with Crippen LogP contribution in [-0.2, 0) is 0 Å². The Hall–Kier alpha value is -1.47. The molecule has 0 aliphatic rings. The Morgan fingerprint density at radius 1 is 1.73 bits per heavy atom. The molecule has 0 saturated heterocycles. The molecular weight excluding hydrogens is 142 g/mol. The number of hydrogen-bond donors (Lipinski definition) is 1. The lowest BCUT2D eigenvalue weighted by atomic mass is 10.1. The molecule has 1 aromatic heterocycles. The van der Waals surface area contributed by atoms with E-state index in [1.54, 1.807) is 12.1 Å². The third kappa shape index (κ3) is 1.72. The number of nitrogens with zero attached hydrogens (tertiary/aromatic N) is 3. The molecule has 0 radical (unpaired) electrons. The highest BCUT2D eigenvalue weighted by atomic mass is 16.3. The van der Waals surface area contributed by atoms with Gasteiger partial charge in [0.1, 0.15) is 5.92 Å². The lowest BCUT2D eigenvalue weighted by molar-refractivity contribution is 0.283. The molecule has 0 aliphatic heterocycles. The standard InChI is InChI=1S/C7H7N3O/c8-4-6(5-11)7-2-1-3-9-10-7/h1-3,6,11H,5H2. The van der Waals surface area contributed by atoms with Crippen LogP contribution in [-0.4, -0.2) is 21.9 Å². The van der Waals surface area contributed by atoms with Gasteiger partial charge in [0.25, 0.3) is 0 Å². The third-order valence-corrected chi connectivity index (χ3v) is 1.29. The largest absolute Gasteiger partial charge is 0.395 e. The third-order valence-electron chi connectivity index (χ3n) is 1.29. The lowest BCUT2D eigenvalue weighted by Gasteiger charge is -2.00. The van der Waals surface area contributed by atoms with E-state index in [0.717, 1.165) is 0 Å². The highest BCUT2D eigenvalue weighted by molar-refractivity contribution is 5.14. The van der Waals surface area contributed by atoms with Gasteiger partial charge < -0.3 is 5.11 Å². The van der Waals surface area contributed by atoms with Gasteiger partial charge in [-0.1, -0.05) is 0 Å². The summed E-state index contributed by atoms with van der Waals surface area (Å²) in [5.41, 5.74) is 0.512. The van der Waals surface area contributed by atoms with E-state index in [-0.39, 0.29) is 6.61 Å². The minimum absolute atomic E-state index is 0.213. The van der Waals surface area contributed by atoms with Crippen LogP contribution in [0.15, 0.2) is 18.3 Å². The summed E-state index contributed by atoms with van der Waals surface area (Å²) < 4.78 is 0. The molecule has 1 unspecified atom stereocenters. The maximum atomic E-state index is 8.69. The van der Waals surface area contributed by atoms with Crippen LogP contribution in [0, 0.1) is 11.3 Å². The van der Waals surface area contributed by atoms with E-state index >= 15 is 0 Å². The first kappa shape index (κ1) is 7.63. The zero-order valence-corrected chi connectivity index (χ0v) is 5.81. The average Bonchev–Trinajstić information content (AvgIpc) is 2.09. The molecular formula is C7H7N3O. The Bertz CT molecular complexity index is 254. The molecule has 0 aromatic carbocycles. The minimum atomic E-state index is -0.552. The van der Waals surface area contributed by atoms with Crippen molar-refractivity contribution in [3.8, 4) is 6.07 Å². The maximum Gasteiger partial charge on any atom is 0.113 e. The molecule has 1 rings (SSSR count). The number of nitriles is 1. The zero-order chi connectivity index (χ0) is 8.10. The molecule has 1 aromatic rings. The summed E-state index contributed by atoms with van der Waals surface area (Å²) >= 11 is 0. The summed E-state index contributed by atoms with van der Waals surface area (Å²) in [5.74, 6) is -0.552. The molecule has 4 nitrogen and oxygen atoms in total. The molecule has 0 spiro atoms. The van der Waals surface area contributed by atoms with Crippen molar-refractivity contribution in [1.29, 1.82) is 5.26 Å². The van der Waals surface area contributed by atoms with Gasteiger partial charge in [-0.05, 0) is 12.1 Å². The Labute approximate surface area is 64.1 Å². The Kier molecular flexibility index (Phi) is 2.53. The molecule has 1 N–H and O–H groups in total. The van der Waals surface area contributed by atoms with Crippen LogP contribution in [0.3, 0.4) is 0 Å². The van der Waals surface area contributed by atoms with Crippen LogP contribution in [0.25, 0.3) is 0 Å². The van der Waals surface area contributed by atoms with Gasteiger partial charge >= 0.3 is 0 Å². The van der Waals surface area contributed by atoms with E-state index in [2.05, 4.69) is 10.2 Å². The van der Waals surface area contributed by atoms with Crippen molar-refractivity contribution < 1.29 is 5.11 Å². The monoisotopic (exact) mass is 149 g/mol. The molecule has 11 heavy (non-hydrogen) atoms.